The second kappa shape index (κ2) is 10.1. The Morgan fingerprint density at radius 3 is 2.52 bits per heavy atom. The Morgan fingerprint density at radius 1 is 1.10 bits per heavy atom. The Kier molecular flexibility index (Phi) is 7.25. The highest BCUT2D eigenvalue weighted by Gasteiger charge is 2.15. The third-order valence-electron chi connectivity index (χ3n) is 4.62. The molecule has 162 valence electrons. The minimum atomic E-state index is -0.385. The molecule has 1 aromatic heterocycles. The Hall–Kier alpha value is -3.39. The summed E-state index contributed by atoms with van der Waals surface area (Å²) in [6, 6.07) is 10.7. The summed E-state index contributed by atoms with van der Waals surface area (Å²) < 4.78 is 5.71. The first-order valence-corrected chi connectivity index (χ1v) is 10.8. The fourth-order valence-electron chi connectivity index (χ4n) is 3.19. The van der Waals surface area contributed by atoms with Gasteiger partial charge in [-0.25, -0.2) is 9.78 Å². The first kappa shape index (κ1) is 22.3. The summed E-state index contributed by atoms with van der Waals surface area (Å²) in [6.45, 7) is 6.21. The highest BCUT2D eigenvalue weighted by atomic mass is 32.1. The van der Waals surface area contributed by atoms with Gasteiger partial charge in [0.15, 0.2) is 0 Å². The molecular formula is C23H26N4O3S. The van der Waals surface area contributed by atoms with Crippen LogP contribution in [-0.2, 0) is 11.4 Å². The van der Waals surface area contributed by atoms with E-state index >= 15 is 0 Å². The van der Waals surface area contributed by atoms with Crippen LogP contribution in [0.1, 0.15) is 22.4 Å². The molecule has 0 radical (unpaired) electrons. The van der Waals surface area contributed by atoms with E-state index in [1.165, 1.54) is 16.2 Å². The van der Waals surface area contributed by atoms with Crippen LogP contribution in [0.5, 0.6) is 5.75 Å². The average molecular weight is 439 g/mol. The summed E-state index contributed by atoms with van der Waals surface area (Å²) in [4.78, 5) is 30.5. The van der Waals surface area contributed by atoms with Gasteiger partial charge in [-0.1, -0.05) is 23.8 Å². The van der Waals surface area contributed by atoms with E-state index in [0.717, 1.165) is 28.1 Å². The number of nitrogens with one attached hydrogen (secondary N) is 2. The number of likely N-dealkylation sites (N-methyl/N-ethyl adjacent to an activating group) is 1. The van der Waals surface area contributed by atoms with E-state index in [9.17, 15) is 9.59 Å². The fraction of sp³-hybridized carbons (Fsp3) is 0.261. The number of anilines is 2. The van der Waals surface area contributed by atoms with Crippen molar-refractivity contribution < 1.29 is 14.3 Å². The monoisotopic (exact) mass is 438 g/mol. The summed E-state index contributed by atoms with van der Waals surface area (Å²) >= 11 is 1.51. The van der Waals surface area contributed by atoms with E-state index in [1.807, 2.05) is 44.4 Å². The van der Waals surface area contributed by atoms with Crippen LogP contribution in [0.4, 0.5) is 16.2 Å². The molecule has 8 heteroatoms. The predicted molar refractivity (Wildman–Crippen MR) is 124 cm³/mol. The minimum absolute atomic E-state index is 0.0708. The molecule has 0 atom stereocenters. The number of benzene rings is 2. The van der Waals surface area contributed by atoms with Crippen LogP contribution in [0.15, 0.2) is 47.3 Å². The number of hydrogen-bond acceptors (Lipinski definition) is 5. The van der Waals surface area contributed by atoms with Crippen LogP contribution in [-0.4, -0.2) is 35.4 Å². The number of aryl methyl sites for hydroxylation is 3. The molecule has 7 nitrogen and oxygen atoms in total. The maximum Gasteiger partial charge on any atom is 0.322 e. The summed E-state index contributed by atoms with van der Waals surface area (Å²) in [7, 11) is 1.58. The molecule has 3 aromatic rings. The maximum absolute atomic E-state index is 12.5. The van der Waals surface area contributed by atoms with Crippen LogP contribution in [0, 0.1) is 20.8 Å². The minimum Gasteiger partial charge on any atom is -0.487 e. The first-order chi connectivity index (χ1) is 14.8. The quantitative estimate of drug-likeness (QED) is 0.558. The lowest BCUT2D eigenvalue weighted by Crippen LogP contribution is -2.37. The zero-order valence-corrected chi connectivity index (χ0v) is 18.9. The van der Waals surface area contributed by atoms with Crippen molar-refractivity contribution in [1.82, 2.24) is 9.88 Å². The number of amides is 3. The Labute approximate surface area is 186 Å². The number of nitrogens with zero attached hydrogens (tertiary/aromatic N) is 2. The molecule has 0 aliphatic carbocycles. The van der Waals surface area contributed by atoms with E-state index < -0.39 is 0 Å². The molecule has 0 aliphatic heterocycles. The van der Waals surface area contributed by atoms with E-state index in [0.29, 0.717) is 18.0 Å². The van der Waals surface area contributed by atoms with Gasteiger partial charge in [-0.15, -0.1) is 11.3 Å². The average Bonchev–Trinajstić information content (AvgIpc) is 3.23. The SMILES string of the molecule is Cc1cc(C)c(NC(=O)CN(C)C(=O)Nc2cccc(OCc3cscn3)c2)c(C)c1. The zero-order valence-electron chi connectivity index (χ0n) is 18.1. The predicted octanol–water partition coefficient (Wildman–Crippen LogP) is 4.75. The molecule has 0 aliphatic rings. The van der Waals surface area contributed by atoms with Crippen molar-refractivity contribution in [2.75, 3.05) is 24.2 Å². The van der Waals surface area contributed by atoms with E-state index in [2.05, 4.69) is 15.6 Å². The lowest BCUT2D eigenvalue weighted by Gasteiger charge is -2.19. The van der Waals surface area contributed by atoms with Crippen LogP contribution in [0.25, 0.3) is 0 Å². The van der Waals surface area contributed by atoms with Crippen molar-refractivity contribution in [1.29, 1.82) is 0 Å². The Bertz CT molecular complexity index is 1040. The highest BCUT2D eigenvalue weighted by molar-refractivity contribution is 7.07. The third kappa shape index (κ3) is 6.29. The number of carbonyl (C=O) groups is 2. The molecular weight excluding hydrogens is 412 g/mol. The van der Waals surface area contributed by atoms with Gasteiger partial charge in [-0.3, -0.25) is 4.79 Å². The van der Waals surface area contributed by atoms with Gasteiger partial charge in [0.1, 0.15) is 18.9 Å². The number of carbonyl (C=O) groups excluding carboxylic acids is 2. The molecule has 2 N–H and O–H groups in total. The Morgan fingerprint density at radius 2 is 1.84 bits per heavy atom. The summed E-state index contributed by atoms with van der Waals surface area (Å²) in [6.07, 6.45) is 0. The van der Waals surface area contributed by atoms with Crippen molar-refractivity contribution in [3.05, 3.63) is 69.7 Å². The molecule has 0 fully saturated rings. The summed E-state index contributed by atoms with van der Waals surface area (Å²) in [5.41, 5.74) is 7.10. The van der Waals surface area contributed by atoms with Crippen LogP contribution < -0.4 is 15.4 Å². The summed E-state index contributed by atoms with van der Waals surface area (Å²) in [5.74, 6) is 0.365. The maximum atomic E-state index is 12.5. The van der Waals surface area contributed by atoms with Gasteiger partial charge < -0.3 is 20.3 Å². The lowest BCUT2D eigenvalue weighted by atomic mass is 10.1. The third-order valence-corrected chi connectivity index (χ3v) is 5.26. The highest BCUT2D eigenvalue weighted by Crippen LogP contribution is 2.22. The van der Waals surface area contributed by atoms with Gasteiger partial charge in [-0.05, 0) is 44.0 Å². The molecule has 31 heavy (non-hydrogen) atoms. The van der Waals surface area contributed by atoms with Gasteiger partial charge in [0.05, 0.1) is 11.2 Å². The molecule has 0 unspecified atom stereocenters. The standard InChI is InChI=1S/C23H26N4O3S/c1-15-8-16(2)22(17(3)9-15)26-21(28)11-27(4)23(29)25-18-6-5-7-20(10-18)30-12-19-13-31-14-24-19/h5-10,13-14H,11-12H2,1-4H3,(H,25,29)(H,26,28). The normalized spacial score (nSPS) is 10.5. The van der Waals surface area contributed by atoms with E-state index in [1.54, 1.807) is 30.8 Å². The van der Waals surface area contributed by atoms with Crippen LogP contribution in [0.2, 0.25) is 0 Å². The molecule has 0 bridgehead atoms. The van der Waals surface area contributed by atoms with E-state index in [4.69, 9.17) is 4.74 Å². The number of ether oxygens (including phenoxy) is 1. The molecule has 3 amide bonds. The number of thiazole rings is 1. The number of rotatable bonds is 7. The number of hydrogen-bond donors (Lipinski definition) is 2. The number of urea groups is 1. The molecule has 0 spiro atoms. The molecule has 1 heterocycles. The molecule has 0 saturated heterocycles. The summed E-state index contributed by atoms with van der Waals surface area (Å²) in [5, 5.41) is 7.62. The van der Waals surface area contributed by atoms with Gasteiger partial charge in [0.2, 0.25) is 5.91 Å². The molecule has 0 saturated carbocycles. The Balaban J connectivity index is 1.54. The second-order valence-corrected chi connectivity index (χ2v) is 8.12. The first-order valence-electron chi connectivity index (χ1n) is 9.81. The lowest BCUT2D eigenvalue weighted by molar-refractivity contribution is -0.116. The smallest absolute Gasteiger partial charge is 0.322 e. The van der Waals surface area contributed by atoms with Crippen molar-refractivity contribution in [3.63, 3.8) is 0 Å². The topological polar surface area (TPSA) is 83.6 Å². The molecule has 3 rings (SSSR count). The second-order valence-electron chi connectivity index (χ2n) is 7.40. The molecule has 2 aromatic carbocycles. The number of aromatic nitrogens is 1. The fourth-order valence-corrected chi connectivity index (χ4v) is 3.74. The van der Waals surface area contributed by atoms with Crippen LogP contribution in [0.3, 0.4) is 0 Å². The van der Waals surface area contributed by atoms with Crippen molar-refractivity contribution >= 4 is 34.6 Å². The van der Waals surface area contributed by atoms with Gasteiger partial charge in [-0.2, -0.15) is 0 Å². The zero-order chi connectivity index (χ0) is 22.4. The van der Waals surface area contributed by atoms with Crippen molar-refractivity contribution in [2.24, 2.45) is 0 Å². The van der Waals surface area contributed by atoms with Crippen molar-refractivity contribution in [2.45, 2.75) is 27.4 Å². The van der Waals surface area contributed by atoms with Crippen molar-refractivity contribution in [3.8, 4) is 5.75 Å². The van der Waals surface area contributed by atoms with Gasteiger partial charge >= 0.3 is 6.03 Å². The van der Waals surface area contributed by atoms with Gasteiger partial charge in [0, 0.05) is 29.9 Å². The van der Waals surface area contributed by atoms with E-state index in [-0.39, 0.29) is 18.5 Å². The largest absolute Gasteiger partial charge is 0.487 e. The van der Waals surface area contributed by atoms with Gasteiger partial charge in [0.25, 0.3) is 0 Å². The van der Waals surface area contributed by atoms with Crippen LogP contribution >= 0.6 is 11.3 Å².